The number of nitrogens with zero attached hydrogens (tertiary/aromatic N) is 1. The number of aromatic nitrogens is 1. The molecule has 96 valence electrons. The molecule has 1 aromatic heterocycles. The molecule has 0 atom stereocenters. The number of alkyl halides is 3. The van der Waals surface area contributed by atoms with Gasteiger partial charge in [-0.15, -0.1) is 0 Å². The monoisotopic (exact) mass is 333 g/mol. The zero-order chi connectivity index (χ0) is 13.1. The summed E-state index contributed by atoms with van der Waals surface area (Å²) in [5.74, 6) is 0. The van der Waals surface area contributed by atoms with Crippen LogP contribution in [0, 0.1) is 0 Å². The molecule has 0 radical (unpaired) electrons. The second-order valence-electron chi connectivity index (χ2n) is 2.90. The second-order valence-corrected chi connectivity index (χ2v) is 5.25. The van der Waals surface area contributed by atoms with Crippen LogP contribution in [0.2, 0.25) is 0 Å². The smallest absolute Gasteiger partial charge is 0.270 e. The maximum atomic E-state index is 11.8. The van der Waals surface area contributed by atoms with E-state index in [0.29, 0.717) is 4.47 Å². The van der Waals surface area contributed by atoms with Gasteiger partial charge in [-0.2, -0.15) is 26.3 Å². The van der Waals surface area contributed by atoms with Gasteiger partial charge in [0.25, 0.3) is 10.2 Å². The Bertz CT molecular complexity index is 491. The summed E-state index contributed by atoms with van der Waals surface area (Å²) in [6.07, 6.45) is -2.00. The fraction of sp³-hybridized carbons (Fsp3) is 0.286. The van der Waals surface area contributed by atoms with E-state index in [1.807, 2.05) is 4.72 Å². The van der Waals surface area contributed by atoms with E-state index in [-0.39, 0.29) is 5.69 Å². The van der Waals surface area contributed by atoms with Gasteiger partial charge in [0.1, 0.15) is 6.54 Å². The van der Waals surface area contributed by atoms with Gasteiger partial charge in [0.05, 0.1) is 10.2 Å². The van der Waals surface area contributed by atoms with Crippen LogP contribution < -0.4 is 9.44 Å². The summed E-state index contributed by atoms with van der Waals surface area (Å²) in [4.78, 5) is 3.68. The highest BCUT2D eigenvalue weighted by Crippen LogP contribution is 2.21. The van der Waals surface area contributed by atoms with Crippen LogP contribution in [0.1, 0.15) is 0 Å². The molecule has 0 spiro atoms. The van der Waals surface area contributed by atoms with Gasteiger partial charge < -0.3 is 0 Å². The van der Waals surface area contributed by atoms with Gasteiger partial charge in [0, 0.05) is 12.4 Å². The zero-order valence-corrected chi connectivity index (χ0v) is 10.5. The molecular formula is C7H7BrF3N3O2S. The van der Waals surface area contributed by atoms with Gasteiger partial charge in [0.2, 0.25) is 0 Å². The van der Waals surface area contributed by atoms with Gasteiger partial charge in [-0.1, -0.05) is 0 Å². The third kappa shape index (κ3) is 5.33. The first-order valence-electron chi connectivity index (χ1n) is 4.13. The summed E-state index contributed by atoms with van der Waals surface area (Å²) in [6.45, 7) is -1.63. The van der Waals surface area contributed by atoms with E-state index in [1.54, 1.807) is 0 Å². The second kappa shape index (κ2) is 5.19. The van der Waals surface area contributed by atoms with Crippen LogP contribution in [0.25, 0.3) is 0 Å². The lowest BCUT2D eigenvalue weighted by Gasteiger charge is -2.11. The van der Waals surface area contributed by atoms with Crippen molar-refractivity contribution < 1.29 is 21.6 Å². The Morgan fingerprint density at radius 3 is 2.59 bits per heavy atom. The Kier molecular flexibility index (Phi) is 4.33. The van der Waals surface area contributed by atoms with E-state index in [9.17, 15) is 21.6 Å². The van der Waals surface area contributed by atoms with Gasteiger partial charge in [-0.3, -0.25) is 9.71 Å². The molecule has 1 heterocycles. The lowest BCUT2D eigenvalue weighted by molar-refractivity contribution is -0.121. The van der Waals surface area contributed by atoms with E-state index >= 15 is 0 Å². The minimum Gasteiger partial charge on any atom is -0.270 e. The Morgan fingerprint density at radius 1 is 1.41 bits per heavy atom. The molecule has 2 N–H and O–H groups in total. The van der Waals surface area contributed by atoms with Crippen LogP contribution >= 0.6 is 15.9 Å². The largest absolute Gasteiger partial charge is 0.402 e. The molecule has 0 unspecified atom stereocenters. The number of halogens is 4. The molecule has 0 aliphatic rings. The van der Waals surface area contributed by atoms with Crippen molar-refractivity contribution in [2.24, 2.45) is 0 Å². The quantitative estimate of drug-likeness (QED) is 0.880. The van der Waals surface area contributed by atoms with Crippen molar-refractivity contribution in [2.75, 3.05) is 11.3 Å². The highest BCUT2D eigenvalue weighted by atomic mass is 79.9. The van der Waals surface area contributed by atoms with E-state index in [1.165, 1.54) is 23.2 Å². The lowest BCUT2D eigenvalue weighted by atomic mass is 10.4. The molecule has 0 aromatic carbocycles. The first kappa shape index (κ1) is 14.2. The minimum absolute atomic E-state index is 0.0923. The summed E-state index contributed by atoms with van der Waals surface area (Å²) >= 11 is 3.00. The fourth-order valence-corrected chi connectivity index (χ4v) is 2.19. The lowest BCUT2D eigenvalue weighted by Crippen LogP contribution is -2.37. The summed E-state index contributed by atoms with van der Waals surface area (Å²) in [5.41, 5.74) is 0.0923. The number of anilines is 1. The number of hydrogen-bond acceptors (Lipinski definition) is 3. The van der Waals surface area contributed by atoms with Crippen LogP contribution in [-0.4, -0.2) is 26.1 Å². The molecule has 1 aromatic rings. The van der Waals surface area contributed by atoms with Crippen molar-refractivity contribution in [3.05, 3.63) is 22.9 Å². The molecule has 10 heteroatoms. The van der Waals surface area contributed by atoms with Crippen molar-refractivity contribution in [2.45, 2.75) is 6.18 Å². The molecule has 5 nitrogen and oxygen atoms in total. The highest BCUT2D eigenvalue weighted by Gasteiger charge is 2.29. The Labute approximate surface area is 104 Å². The molecule has 0 aliphatic carbocycles. The molecule has 1 rings (SSSR count). The summed E-state index contributed by atoms with van der Waals surface area (Å²) in [6, 6.07) is 1.30. The minimum atomic E-state index is -4.61. The van der Waals surface area contributed by atoms with Crippen LogP contribution in [0.3, 0.4) is 0 Å². The zero-order valence-electron chi connectivity index (χ0n) is 8.12. The molecular weight excluding hydrogens is 327 g/mol. The maximum absolute atomic E-state index is 11.8. The first-order chi connectivity index (χ1) is 7.70. The van der Waals surface area contributed by atoms with Gasteiger partial charge in [-0.25, -0.2) is 0 Å². The van der Waals surface area contributed by atoms with Crippen LogP contribution in [-0.2, 0) is 10.2 Å². The first-order valence-corrected chi connectivity index (χ1v) is 6.41. The van der Waals surface area contributed by atoms with E-state index < -0.39 is 22.9 Å². The average Bonchev–Trinajstić information content (AvgIpc) is 2.18. The predicted octanol–water partition coefficient (Wildman–Crippen LogP) is 1.65. The molecule has 0 amide bonds. The SMILES string of the molecule is O=S(=O)(NCC(F)(F)F)Nc1ccncc1Br. The normalized spacial score (nSPS) is 12.5. The van der Waals surface area contributed by atoms with Crippen LogP contribution in [0.5, 0.6) is 0 Å². The maximum Gasteiger partial charge on any atom is 0.402 e. The molecule has 0 bridgehead atoms. The summed E-state index contributed by atoms with van der Waals surface area (Å²) in [7, 11) is -4.27. The number of pyridine rings is 1. The molecule has 0 fully saturated rings. The van der Waals surface area contributed by atoms with Crippen molar-refractivity contribution in [3.63, 3.8) is 0 Å². The molecule has 17 heavy (non-hydrogen) atoms. The van der Waals surface area contributed by atoms with Crippen LogP contribution in [0.4, 0.5) is 18.9 Å². The topological polar surface area (TPSA) is 71.1 Å². The van der Waals surface area contributed by atoms with E-state index in [0.717, 1.165) is 0 Å². The average molecular weight is 334 g/mol. The molecule has 0 saturated heterocycles. The van der Waals surface area contributed by atoms with Gasteiger partial charge >= 0.3 is 6.18 Å². The standard InChI is InChI=1S/C7H7BrF3N3O2S/c8-5-3-12-2-1-6(5)14-17(15,16)13-4-7(9,10)11/h1-3,13H,4H2,(H,12,14). The number of hydrogen-bond donors (Lipinski definition) is 2. The highest BCUT2D eigenvalue weighted by molar-refractivity contribution is 9.10. The van der Waals surface area contributed by atoms with Crippen molar-refractivity contribution >= 4 is 31.8 Å². The third-order valence-electron chi connectivity index (χ3n) is 1.48. The summed E-state index contributed by atoms with van der Waals surface area (Å²) in [5, 5.41) is 0. The van der Waals surface area contributed by atoms with Crippen molar-refractivity contribution in [1.29, 1.82) is 0 Å². The fourth-order valence-electron chi connectivity index (χ4n) is 0.816. The van der Waals surface area contributed by atoms with E-state index in [2.05, 4.69) is 20.9 Å². The van der Waals surface area contributed by atoms with Crippen molar-refractivity contribution in [1.82, 2.24) is 9.71 Å². The Balaban J connectivity index is 2.71. The van der Waals surface area contributed by atoms with Crippen LogP contribution in [0.15, 0.2) is 22.9 Å². The number of rotatable bonds is 4. The Hall–Kier alpha value is -0.870. The number of nitrogens with one attached hydrogen (secondary N) is 2. The molecule has 0 saturated carbocycles. The van der Waals surface area contributed by atoms with Gasteiger partial charge in [0.15, 0.2) is 0 Å². The molecule has 0 aliphatic heterocycles. The van der Waals surface area contributed by atoms with E-state index in [4.69, 9.17) is 0 Å². The summed E-state index contributed by atoms with van der Waals surface area (Å²) < 4.78 is 61.6. The van der Waals surface area contributed by atoms with Gasteiger partial charge in [-0.05, 0) is 22.0 Å². The van der Waals surface area contributed by atoms with Crippen molar-refractivity contribution in [3.8, 4) is 0 Å². The third-order valence-corrected chi connectivity index (χ3v) is 3.12. The predicted molar refractivity (Wildman–Crippen MR) is 58.5 cm³/mol. The Morgan fingerprint density at radius 2 is 2.06 bits per heavy atom.